The number of furan rings is 1. The molecular formula is C13H9Cl3O5. The molecule has 0 bridgehead atoms. The minimum Gasteiger partial charge on any atom is -0.506 e. The molecule has 0 radical (unpaired) electrons. The van der Waals surface area contributed by atoms with Crippen molar-refractivity contribution in [1.82, 2.24) is 0 Å². The molecule has 0 fully saturated rings. The molecule has 21 heavy (non-hydrogen) atoms. The van der Waals surface area contributed by atoms with Crippen molar-refractivity contribution in [3.8, 4) is 5.75 Å². The number of hydrogen-bond donors (Lipinski definition) is 1. The maximum atomic E-state index is 11.8. The molecular weight excluding hydrogens is 342 g/mol. The van der Waals surface area contributed by atoms with Crippen LogP contribution in [0.15, 0.2) is 10.5 Å². The van der Waals surface area contributed by atoms with Crippen LogP contribution in [0, 0.1) is 6.92 Å². The topological polar surface area (TPSA) is 76.7 Å². The average molecular weight is 352 g/mol. The number of carbonyl (C=O) groups excluding carboxylic acids is 2. The Kier molecular flexibility index (Phi) is 4.37. The number of Topliss-reactive ketones (excluding diaryl/α,β-unsaturated/α-hetero) is 1. The third kappa shape index (κ3) is 2.57. The number of fused-ring (bicyclic) bond motifs is 1. The van der Waals surface area contributed by atoms with Crippen molar-refractivity contribution in [1.29, 1.82) is 0 Å². The normalized spacial score (nSPS) is 11.1. The third-order valence-electron chi connectivity index (χ3n) is 2.92. The second kappa shape index (κ2) is 5.75. The lowest BCUT2D eigenvalue weighted by molar-refractivity contribution is 0.0600. The molecule has 0 aliphatic heterocycles. The first kappa shape index (κ1) is 15.9. The lowest BCUT2D eigenvalue weighted by Crippen LogP contribution is -2.08. The molecule has 1 aromatic heterocycles. The van der Waals surface area contributed by atoms with Gasteiger partial charge in [-0.05, 0) is 13.0 Å². The second-order valence-corrected chi connectivity index (χ2v) is 5.62. The van der Waals surface area contributed by atoms with E-state index in [9.17, 15) is 14.7 Å². The van der Waals surface area contributed by atoms with Gasteiger partial charge < -0.3 is 14.3 Å². The van der Waals surface area contributed by atoms with Crippen molar-refractivity contribution < 1.29 is 23.8 Å². The Morgan fingerprint density at radius 1 is 1.38 bits per heavy atom. The third-order valence-corrected chi connectivity index (χ3v) is 3.69. The summed E-state index contributed by atoms with van der Waals surface area (Å²) in [6.07, 6.45) is 0. The summed E-state index contributed by atoms with van der Waals surface area (Å²) >= 11 is 17.1. The Morgan fingerprint density at radius 2 is 2.00 bits per heavy atom. The summed E-state index contributed by atoms with van der Waals surface area (Å²) in [5, 5.41) is 10.00. The zero-order valence-electron chi connectivity index (χ0n) is 10.9. The molecule has 1 heterocycles. The lowest BCUT2D eigenvalue weighted by Gasteiger charge is -2.07. The number of ether oxygens (including phenoxy) is 1. The van der Waals surface area contributed by atoms with E-state index in [0.29, 0.717) is 0 Å². The number of carbonyl (C=O) groups is 2. The largest absolute Gasteiger partial charge is 0.506 e. The van der Waals surface area contributed by atoms with Crippen LogP contribution in [-0.2, 0) is 4.74 Å². The van der Waals surface area contributed by atoms with Crippen LogP contribution >= 0.6 is 34.8 Å². The molecule has 0 aliphatic carbocycles. The van der Waals surface area contributed by atoms with Crippen LogP contribution in [0.25, 0.3) is 11.0 Å². The van der Waals surface area contributed by atoms with Crippen LogP contribution in [0.2, 0.25) is 5.02 Å². The molecule has 2 rings (SSSR count). The Labute approximate surface area is 134 Å². The smallest absolute Gasteiger partial charge is 0.342 e. The molecule has 0 saturated carbocycles. The molecule has 0 amide bonds. The zero-order valence-corrected chi connectivity index (χ0v) is 13.1. The number of benzene rings is 1. The van der Waals surface area contributed by atoms with Gasteiger partial charge in [-0.3, -0.25) is 4.79 Å². The van der Waals surface area contributed by atoms with E-state index in [-0.39, 0.29) is 32.9 Å². The fourth-order valence-corrected chi connectivity index (χ4v) is 2.50. The molecule has 0 spiro atoms. The van der Waals surface area contributed by atoms with Gasteiger partial charge in [0.2, 0.25) is 0 Å². The fraction of sp³-hybridized carbons (Fsp3) is 0.231. The van der Waals surface area contributed by atoms with Gasteiger partial charge in [-0.25, -0.2) is 4.79 Å². The molecule has 0 atom stereocenters. The molecule has 0 aliphatic rings. The van der Waals surface area contributed by atoms with Gasteiger partial charge in [0.25, 0.3) is 0 Å². The van der Waals surface area contributed by atoms with E-state index < -0.39 is 22.3 Å². The Bertz CT molecular complexity index is 748. The Balaban J connectivity index is 2.81. The van der Waals surface area contributed by atoms with E-state index in [1.807, 2.05) is 0 Å². The number of esters is 1. The number of phenols is 1. The molecule has 1 aromatic carbocycles. The minimum absolute atomic E-state index is 0.0834. The zero-order chi connectivity index (χ0) is 15.9. The van der Waals surface area contributed by atoms with Crippen molar-refractivity contribution in [2.75, 3.05) is 7.11 Å². The van der Waals surface area contributed by atoms with E-state index in [4.69, 9.17) is 39.2 Å². The van der Waals surface area contributed by atoms with E-state index >= 15 is 0 Å². The number of aromatic hydroxyl groups is 1. The molecule has 5 nitrogen and oxygen atoms in total. The maximum Gasteiger partial charge on any atom is 0.342 e. The van der Waals surface area contributed by atoms with Gasteiger partial charge in [0.15, 0.2) is 10.6 Å². The van der Waals surface area contributed by atoms with Gasteiger partial charge in [-0.1, -0.05) is 34.8 Å². The molecule has 2 aromatic rings. The summed E-state index contributed by atoms with van der Waals surface area (Å²) in [7, 11) is 1.21. The number of rotatable bonds is 3. The highest BCUT2D eigenvalue weighted by Crippen LogP contribution is 2.40. The molecule has 0 unspecified atom stereocenters. The first-order chi connectivity index (χ1) is 9.79. The molecule has 8 heteroatoms. The van der Waals surface area contributed by atoms with Crippen LogP contribution in [-0.4, -0.2) is 28.8 Å². The van der Waals surface area contributed by atoms with Gasteiger partial charge in [0, 0.05) is 0 Å². The van der Waals surface area contributed by atoms with Crippen LogP contribution < -0.4 is 0 Å². The number of aryl methyl sites for hydroxylation is 1. The van der Waals surface area contributed by atoms with Crippen LogP contribution in [0.4, 0.5) is 0 Å². The Hall–Kier alpha value is -1.43. The van der Waals surface area contributed by atoms with Gasteiger partial charge in [-0.15, -0.1) is 0 Å². The van der Waals surface area contributed by atoms with Gasteiger partial charge in [0.1, 0.15) is 22.7 Å². The molecule has 112 valence electrons. The number of hydrogen-bond acceptors (Lipinski definition) is 5. The molecule has 0 saturated heterocycles. The minimum atomic E-state index is -1.36. The van der Waals surface area contributed by atoms with Gasteiger partial charge in [-0.2, -0.15) is 0 Å². The molecule has 1 N–H and O–H groups in total. The SMILES string of the molecule is COC(=O)c1c(C)oc2cc(C(=O)C(Cl)Cl)c(O)c(Cl)c12. The number of ketones is 1. The summed E-state index contributed by atoms with van der Waals surface area (Å²) in [5.41, 5.74) is 0.0424. The number of halogens is 3. The summed E-state index contributed by atoms with van der Waals surface area (Å²) in [4.78, 5) is 22.2. The monoisotopic (exact) mass is 350 g/mol. The van der Waals surface area contributed by atoms with E-state index in [1.54, 1.807) is 0 Å². The van der Waals surface area contributed by atoms with Crippen molar-refractivity contribution in [3.63, 3.8) is 0 Å². The highest BCUT2D eigenvalue weighted by Gasteiger charge is 2.27. The van der Waals surface area contributed by atoms with Crippen molar-refractivity contribution in [3.05, 3.63) is 28.0 Å². The van der Waals surface area contributed by atoms with E-state index in [1.165, 1.54) is 20.1 Å². The first-order valence-electron chi connectivity index (χ1n) is 5.64. The highest BCUT2D eigenvalue weighted by atomic mass is 35.5. The summed E-state index contributed by atoms with van der Waals surface area (Å²) in [6, 6.07) is 1.23. The standard InChI is InChI=1S/C13H9Cl3O5/c1-4-7(13(19)20-2)8-6(21-4)3-5(10(17)9(8)14)11(18)12(15)16/h3,12,17H,1-2H3. The Morgan fingerprint density at radius 3 is 2.52 bits per heavy atom. The maximum absolute atomic E-state index is 11.8. The van der Waals surface area contributed by atoms with Gasteiger partial charge in [0.05, 0.1) is 23.1 Å². The van der Waals surface area contributed by atoms with Crippen LogP contribution in [0.3, 0.4) is 0 Å². The second-order valence-electron chi connectivity index (χ2n) is 4.15. The van der Waals surface area contributed by atoms with Crippen molar-refractivity contribution in [2.45, 2.75) is 11.8 Å². The first-order valence-corrected chi connectivity index (χ1v) is 6.89. The number of methoxy groups -OCH3 is 1. The number of phenolic OH excluding ortho intramolecular Hbond substituents is 1. The van der Waals surface area contributed by atoms with Gasteiger partial charge >= 0.3 is 5.97 Å². The summed E-state index contributed by atoms with van der Waals surface area (Å²) in [6.45, 7) is 1.53. The van der Waals surface area contributed by atoms with E-state index in [0.717, 1.165) is 0 Å². The fourth-order valence-electron chi connectivity index (χ4n) is 1.98. The van der Waals surface area contributed by atoms with Crippen LogP contribution in [0.1, 0.15) is 26.5 Å². The lowest BCUT2D eigenvalue weighted by atomic mass is 10.0. The van der Waals surface area contributed by atoms with Crippen molar-refractivity contribution in [2.24, 2.45) is 0 Å². The quantitative estimate of drug-likeness (QED) is 0.516. The average Bonchev–Trinajstić information content (AvgIpc) is 2.77. The highest BCUT2D eigenvalue weighted by molar-refractivity contribution is 6.55. The van der Waals surface area contributed by atoms with Crippen LogP contribution in [0.5, 0.6) is 5.75 Å². The summed E-state index contributed by atoms with van der Waals surface area (Å²) < 4.78 is 10.0. The predicted octanol–water partition coefficient (Wildman–Crippen LogP) is 3.87. The summed E-state index contributed by atoms with van der Waals surface area (Å²) in [5.74, 6) is -1.67. The number of alkyl halides is 2. The van der Waals surface area contributed by atoms with Crippen molar-refractivity contribution >= 4 is 57.5 Å². The predicted molar refractivity (Wildman–Crippen MR) is 78.8 cm³/mol. The van der Waals surface area contributed by atoms with E-state index in [2.05, 4.69) is 4.74 Å².